The highest BCUT2D eigenvalue weighted by molar-refractivity contribution is 5.83. The monoisotopic (exact) mass is 353 g/mol. The number of carbonyl (C=O) groups excluding carboxylic acids is 1. The van der Waals surface area contributed by atoms with Gasteiger partial charge in [0.1, 0.15) is 11.4 Å². The Bertz CT molecular complexity index is 950. The molecule has 7 heteroatoms. The zero-order valence-electron chi connectivity index (χ0n) is 15.3. The van der Waals surface area contributed by atoms with E-state index in [1.807, 2.05) is 39.1 Å². The zero-order chi connectivity index (χ0) is 18.3. The SMILES string of the molecule is CC(C)(C)OC(=O)N1CCn2c(Cc3c[nH]c4ccccc34)nnc2C1. The lowest BCUT2D eigenvalue weighted by Crippen LogP contribution is -2.41. The molecule has 1 N–H and O–H groups in total. The van der Waals surface area contributed by atoms with Crippen molar-refractivity contribution in [3.8, 4) is 0 Å². The Labute approximate surface area is 152 Å². The zero-order valence-corrected chi connectivity index (χ0v) is 15.3. The first-order valence-corrected chi connectivity index (χ1v) is 8.84. The van der Waals surface area contributed by atoms with E-state index in [9.17, 15) is 4.79 Å². The van der Waals surface area contributed by atoms with Gasteiger partial charge in [-0.1, -0.05) is 18.2 Å². The van der Waals surface area contributed by atoms with E-state index in [2.05, 4.69) is 31.9 Å². The maximum Gasteiger partial charge on any atom is 0.410 e. The summed E-state index contributed by atoms with van der Waals surface area (Å²) in [5.41, 5.74) is 1.82. The van der Waals surface area contributed by atoms with Gasteiger partial charge in [0, 0.05) is 36.6 Å². The van der Waals surface area contributed by atoms with Crippen LogP contribution in [0.5, 0.6) is 0 Å². The minimum atomic E-state index is -0.497. The molecule has 0 atom stereocenters. The maximum absolute atomic E-state index is 12.3. The number of aromatic amines is 1. The van der Waals surface area contributed by atoms with Gasteiger partial charge in [-0.15, -0.1) is 10.2 Å². The summed E-state index contributed by atoms with van der Waals surface area (Å²) in [6, 6.07) is 8.24. The van der Waals surface area contributed by atoms with Crippen molar-refractivity contribution >= 4 is 17.0 Å². The van der Waals surface area contributed by atoms with Crippen LogP contribution in [0.15, 0.2) is 30.5 Å². The molecule has 0 fully saturated rings. The molecular weight excluding hydrogens is 330 g/mol. The maximum atomic E-state index is 12.3. The van der Waals surface area contributed by atoms with Gasteiger partial charge in [0.2, 0.25) is 0 Å². The number of carbonyl (C=O) groups is 1. The number of hydrogen-bond donors (Lipinski definition) is 1. The molecular formula is C19H23N5O2. The summed E-state index contributed by atoms with van der Waals surface area (Å²) in [7, 11) is 0. The second kappa shape index (κ2) is 6.16. The molecule has 26 heavy (non-hydrogen) atoms. The van der Waals surface area contributed by atoms with Crippen LogP contribution >= 0.6 is 0 Å². The number of nitrogens with zero attached hydrogens (tertiary/aromatic N) is 4. The third-order valence-electron chi connectivity index (χ3n) is 4.50. The van der Waals surface area contributed by atoms with Crippen LogP contribution in [0.1, 0.15) is 38.0 Å². The number of nitrogens with one attached hydrogen (secondary N) is 1. The lowest BCUT2D eigenvalue weighted by atomic mass is 10.1. The highest BCUT2D eigenvalue weighted by atomic mass is 16.6. The van der Waals surface area contributed by atoms with Gasteiger partial charge in [-0.2, -0.15) is 0 Å². The number of aromatic nitrogens is 4. The molecule has 7 nitrogen and oxygen atoms in total. The van der Waals surface area contributed by atoms with E-state index in [4.69, 9.17) is 4.74 Å². The van der Waals surface area contributed by atoms with E-state index in [1.165, 1.54) is 10.9 Å². The predicted octanol–water partition coefficient (Wildman–Crippen LogP) is 3.10. The van der Waals surface area contributed by atoms with Crippen LogP contribution in [0.25, 0.3) is 10.9 Å². The van der Waals surface area contributed by atoms with E-state index < -0.39 is 5.60 Å². The summed E-state index contributed by atoms with van der Waals surface area (Å²) >= 11 is 0. The quantitative estimate of drug-likeness (QED) is 0.768. The number of H-pyrrole nitrogens is 1. The summed E-state index contributed by atoms with van der Waals surface area (Å²) in [5, 5.41) is 9.87. The fraction of sp³-hybridized carbons (Fsp3) is 0.421. The summed E-state index contributed by atoms with van der Waals surface area (Å²) < 4.78 is 7.57. The van der Waals surface area contributed by atoms with Crippen molar-refractivity contribution in [1.82, 2.24) is 24.6 Å². The Hall–Kier alpha value is -2.83. The molecule has 2 aromatic heterocycles. The van der Waals surface area contributed by atoms with E-state index in [0.29, 0.717) is 26.1 Å². The summed E-state index contributed by atoms with van der Waals surface area (Å²) in [6.45, 7) is 7.32. The Morgan fingerprint density at radius 1 is 1.23 bits per heavy atom. The van der Waals surface area contributed by atoms with Crippen molar-refractivity contribution in [2.75, 3.05) is 6.54 Å². The van der Waals surface area contributed by atoms with Gasteiger partial charge >= 0.3 is 6.09 Å². The van der Waals surface area contributed by atoms with E-state index in [1.54, 1.807) is 4.90 Å². The molecule has 0 spiro atoms. The minimum Gasteiger partial charge on any atom is -0.444 e. The molecule has 3 heterocycles. The third-order valence-corrected chi connectivity index (χ3v) is 4.50. The van der Waals surface area contributed by atoms with Gasteiger partial charge < -0.3 is 14.3 Å². The fourth-order valence-corrected chi connectivity index (χ4v) is 3.28. The average Bonchev–Trinajstić information content (AvgIpc) is 3.18. The van der Waals surface area contributed by atoms with Crippen LogP contribution in [0, 0.1) is 0 Å². The molecule has 3 aromatic rings. The normalized spacial score (nSPS) is 14.5. The summed E-state index contributed by atoms with van der Waals surface area (Å²) in [4.78, 5) is 17.3. The molecule has 0 radical (unpaired) electrons. The molecule has 0 bridgehead atoms. The average molecular weight is 353 g/mol. The Kier molecular flexibility index (Phi) is 3.94. The largest absolute Gasteiger partial charge is 0.444 e. The van der Waals surface area contributed by atoms with Crippen LogP contribution in [0.3, 0.4) is 0 Å². The number of rotatable bonds is 2. The Balaban J connectivity index is 1.52. The molecule has 136 valence electrons. The van der Waals surface area contributed by atoms with Gasteiger partial charge in [-0.05, 0) is 32.4 Å². The molecule has 1 aromatic carbocycles. The molecule has 1 amide bonds. The highest BCUT2D eigenvalue weighted by Crippen LogP contribution is 2.22. The molecule has 0 saturated heterocycles. The second-order valence-corrected chi connectivity index (χ2v) is 7.62. The third kappa shape index (κ3) is 3.16. The number of hydrogen-bond acceptors (Lipinski definition) is 4. The molecule has 4 rings (SSSR count). The van der Waals surface area contributed by atoms with E-state index in [0.717, 1.165) is 17.2 Å². The van der Waals surface area contributed by atoms with Crippen molar-refractivity contribution in [3.63, 3.8) is 0 Å². The number of amides is 1. The standard InChI is InChI=1S/C19H23N5O2/c1-19(2,3)26-18(25)23-8-9-24-16(21-22-17(24)12-23)10-13-11-20-15-7-5-4-6-14(13)15/h4-7,11,20H,8-10,12H2,1-3H3. The first kappa shape index (κ1) is 16.6. The van der Waals surface area contributed by atoms with Crippen molar-refractivity contribution in [2.24, 2.45) is 0 Å². The second-order valence-electron chi connectivity index (χ2n) is 7.62. The summed E-state index contributed by atoms with van der Waals surface area (Å²) in [6.07, 6.45) is 2.44. The topological polar surface area (TPSA) is 76.0 Å². The van der Waals surface area contributed by atoms with Crippen LogP contribution in [-0.4, -0.2) is 42.9 Å². The van der Waals surface area contributed by atoms with Crippen molar-refractivity contribution in [1.29, 1.82) is 0 Å². The minimum absolute atomic E-state index is 0.301. The van der Waals surface area contributed by atoms with Gasteiger partial charge in [0.25, 0.3) is 0 Å². The van der Waals surface area contributed by atoms with Gasteiger partial charge in [-0.25, -0.2) is 4.79 Å². The lowest BCUT2D eigenvalue weighted by molar-refractivity contribution is 0.0194. The first-order chi connectivity index (χ1) is 12.4. The van der Waals surface area contributed by atoms with E-state index >= 15 is 0 Å². The fourth-order valence-electron chi connectivity index (χ4n) is 3.28. The highest BCUT2D eigenvalue weighted by Gasteiger charge is 2.28. The van der Waals surface area contributed by atoms with E-state index in [-0.39, 0.29) is 6.09 Å². The van der Waals surface area contributed by atoms with Crippen LogP contribution in [0.2, 0.25) is 0 Å². The van der Waals surface area contributed by atoms with Crippen LogP contribution in [-0.2, 0) is 24.2 Å². The molecule has 0 unspecified atom stereocenters. The number of fused-ring (bicyclic) bond motifs is 2. The Morgan fingerprint density at radius 2 is 2.04 bits per heavy atom. The number of benzene rings is 1. The molecule has 0 saturated carbocycles. The lowest BCUT2D eigenvalue weighted by Gasteiger charge is -2.30. The number of ether oxygens (including phenoxy) is 1. The van der Waals surface area contributed by atoms with Crippen molar-refractivity contribution in [3.05, 3.63) is 47.7 Å². The smallest absolute Gasteiger partial charge is 0.410 e. The number of para-hydroxylation sites is 1. The first-order valence-electron chi connectivity index (χ1n) is 8.84. The van der Waals surface area contributed by atoms with Gasteiger partial charge in [-0.3, -0.25) is 4.90 Å². The van der Waals surface area contributed by atoms with Crippen molar-refractivity contribution in [2.45, 2.75) is 45.9 Å². The Morgan fingerprint density at radius 3 is 2.85 bits per heavy atom. The van der Waals surface area contributed by atoms with Crippen LogP contribution < -0.4 is 0 Å². The molecule has 0 aliphatic carbocycles. The van der Waals surface area contributed by atoms with Gasteiger partial charge in [0.15, 0.2) is 5.82 Å². The molecule has 1 aliphatic heterocycles. The van der Waals surface area contributed by atoms with Crippen molar-refractivity contribution < 1.29 is 9.53 Å². The molecule has 1 aliphatic rings. The van der Waals surface area contributed by atoms with Crippen LogP contribution in [0.4, 0.5) is 4.79 Å². The van der Waals surface area contributed by atoms with Gasteiger partial charge in [0.05, 0.1) is 6.54 Å². The predicted molar refractivity (Wildman–Crippen MR) is 97.8 cm³/mol. The summed E-state index contributed by atoms with van der Waals surface area (Å²) in [5.74, 6) is 1.73.